The van der Waals surface area contributed by atoms with Gasteiger partial charge in [0.2, 0.25) is 0 Å². The van der Waals surface area contributed by atoms with Crippen molar-refractivity contribution in [1.82, 2.24) is 14.5 Å². The molecule has 1 fully saturated rings. The SMILES string of the molecule is O=C(c1cnns1)N1CCO[C@@H](c2ccc(C(F)(F)F)cc2)C1. The van der Waals surface area contributed by atoms with Gasteiger partial charge < -0.3 is 9.64 Å². The number of alkyl halides is 3. The molecule has 0 N–H and O–H groups in total. The van der Waals surface area contributed by atoms with Gasteiger partial charge in [-0.2, -0.15) is 13.2 Å². The monoisotopic (exact) mass is 343 g/mol. The number of benzene rings is 1. The summed E-state index contributed by atoms with van der Waals surface area (Å²) in [5.41, 5.74) is -0.0985. The minimum atomic E-state index is -4.37. The highest BCUT2D eigenvalue weighted by Gasteiger charge is 2.31. The Morgan fingerprint density at radius 1 is 1.30 bits per heavy atom. The summed E-state index contributed by atoms with van der Waals surface area (Å²) in [6.45, 7) is 1.03. The van der Waals surface area contributed by atoms with Crippen LogP contribution in [0.1, 0.15) is 26.9 Å². The average molecular weight is 343 g/mol. The molecule has 1 aromatic heterocycles. The second kappa shape index (κ2) is 6.25. The molecule has 2 aromatic rings. The van der Waals surface area contributed by atoms with Crippen LogP contribution < -0.4 is 0 Å². The first-order valence-corrected chi connectivity index (χ1v) is 7.58. The van der Waals surface area contributed by atoms with Gasteiger partial charge in [-0.3, -0.25) is 4.79 Å². The highest BCUT2D eigenvalue weighted by atomic mass is 32.1. The molecule has 9 heteroatoms. The number of hydrogen-bond acceptors (Lipinski definition) is 5. The zero-order valence-electron chi connectivity index (χ0n) is 11.8. The van der Waals surface area contributed by atoms with E-state index in [9.17, 15) is 18.0 Å². The van der Waals surface area contributed by atoms with Crippen molar-refractivity contribution in [3.8, 4) is 0 Å². The second-order valence-corrected chi connectivity index (χ2v) is 5.80. The lowest BCUT2D eigenvalue weighted by Crippen LogP contribution is -2.42. The van der Waals surface area contributed by atoms with Crippen molar-refractivity contribution in [2.45, 2.75) is 12.3 Å². The zero-order chi connectivity index (χ0) is 16.4. The minimum Gasteiger partial charge on any atom is -0.370 e. The molecule has 2 heterocycles. The molecule has 5 nitrogen and oxygen atoms in total. The molecule has 3 rings (SSSR count). The predicted molar refractivity (Wildman–Crippen MR) is 75.9 cm³/mol. The van der Waals surface area contributed by atoms with Crippen molar-refractivity contribution < 1.29 is 22.7 Å². The zero-order valence-corrected chi connectivity index (χ0v) is 12.6. The molecular weight excluding hydrogens is 331 g/mol. The van der Waals surface area contributed by atoms with Gasteiger partial charge >= 0.3 is 6.18 Å². The number of amides is 1. The first-order valence-electron chi connectivity index (χ1n) is 6.80. The predicted octanol–water partition coefficient (Wildman–Crippen LogP) is 2.77. The smallest absolute Gasteiger partial charge is 0.370 e. The Kier molecular flexibility index (Phi) is 4.31. The first-order chi connectivity index (χ1) is 10.9. The largest absolute Gasteiger partial charge is 0.416 e. The molecule has 0 spiro atoms. The van der Waals surface area contributed by atoms with Crippen LogP contribution >= 0.6 is 11.5 Å². The lowest BCUT2D eigenvalue weighted by atomic mass is 10.1. The number of hydrogen-bond donors (Lipinski definition) is 0. The summed E-state index contributed by atoms with van der Waals surface area (Å²) >= 11 is 1.01. The lowest BCUT2D eigenvalue weighted by Gasteiger charge is -2.32. The number of carbonyl (C=O) groups excluding carboxylic acids is 1. The van der Waals surface area contributed by atoms with E-state index in [2.05, 4.69) is 9.59 Å². The van der Waals surface area contributed by atoms with E-state index in [4.69, 9.17) is 4.74 Å². The Labute approximate surface area is 133 Å². The highest BCUT2D eigenvalue weighted by Crippen LogP contribution is 2.31. The van der Waals surface area contributed by atoms with E-state index in [0.29, 0.717) is 23.6 Å². The van der Waals surface area contributed by atoms with Crippen molar-refractivity contribution in [3.05, 3.63) is 46.5 Å². The number of rotatable bonds is 2. The van der Waals surface area contributed by atoms with Crippen LogP contribution in [0.5, 0.6) is 0 Å². The summed E-state index contributed by atoms with van der Waals surface area (Å²) in [7, 11) is 0. The van der Waals surface area contributed by atoms with Gasteiger partial charge in [-0.15, -0.1) is 5.10 Å². The fourth-order valence-electron chi connectivity index (χ4n) is 2.34. The third kappa shape index (κ3) is 3.50. The molecule has 1 aliphatic heterocycles. The molecule has 1 aliphatic rings. The van der Waals surface area contributed by atoms with Gasteiger partial charge in [-0.05, 0) is 29.2 Å². The van der Waals surface area contributed by atoms with Crippen LogP contribution in [0.3, 0.4) is 0 Å². The minimum absolute atomic E-state index is 0.194. The maximum absolute atomic E-state index is 12.6. The van der Waals surface area contributed by atoms with Gasteiger partial charge in [0, 0.05) is 6.54 Å². The summed E-state index contributed by atoms with van der Waals surface area (Å²) in [5.74, 6) is -0.194. The average Bonchev–Trinajstić information content (AvgIpc) is 3.08. The Bertz CT molecular complexity index is 674. The van der Waals surface area contributed by atoms with Gasteiger partial charge in [0.15, 0.2) is 0 Å². The summed E-state index contributed by atoms with van der Waals surface area (Å²) in [5, 5.41) is 3.63. The molecule has 0 aliphatic carbocycles. The van der Waals surface area contributed by atoms with E-state index in [0.717, 1.165) is 23.7 Å². The van der Waals surface area contributed by atoms with Gasteiger partial charge in [0.25, 0.3) is 5.91 Å². The Balaban J connectivity index is 1.72. The van der Waals surface area contributed by atoms with Crippen molar-refractivity contribution >= 4 is 17.4 Å². The first kappa shape index (κ1) is 15.9. The molecule has 122 valence electrons. The maximum atomic E-state index is 12.6. The normalized spacial score (nSPS) is 18.9. The van der Waals surface area contributed by atoms with Gasteiger partial charge in [-0.25, -0.2) is 0 Å². The Morgan fingerprint density at radius 3 is 2.65 bits per heavy atom. The van der Waals surface area contributed by atoms with Crippen molar-refractivity contribution in [2.24, 2.45) is 0 Å². The van der Waals surface area contributed by atoms with Gasteiger partial charge in [0.05, 0.1) is 24.9 Å². The molecule has 0 bridgehead atoms. The third-order valence-electron chi connectivity index (χ3n) is 3.54. The molecule has 1 atom stereocenters. The number of ether oxygens (including phenoxy) is 1. The molecule has 23 heavy (non-hydrogen) atoms. The molecule has 1 aromatic carbocycles. The van der Waals surface area contributed by atoms with Crippen LogP contribution in [0.4, 0.5) is 13.2 Å². The quantitative estimate of drug-likeness (QED) is 0.841. The standard InChI is InChI=1S/C14H12F3N3O2S/c15-14(16,17)10-3-1-9(2-4-10)11-8-20(5-6-22-11)13(21)12-7-18-19-23-12/h1-4,7,11H,5-6,8H2/t11-/m1/s1. The Hall–Kier alpha value is -2.00. The van der Waals surface area contributed by atoms with Crippen LogP contribution in [0.25, 0.3) is 0 Å². The number of carbonyl (C=O) groups is 1. The molecular formula is C14H12F3N3O2S. The molecule has 1 amide bonds. The summed E-state index contributed by atoms with van der Waals surface area (Å²) in [6, 6.07) is 4.81. The number of halogens is 3. The maximum Gasteiger partial charge on any atom is 0.416 e. The topological polar surface area (TPSA) is 55.3 Å². The number of aromatic nitrogens is 2. The number of nitrogens with zero attached hydrogens (tertiary/aromatic N) is 3. The van der Waals surface area contributed by atoms with Crippen LogP contribution in [0.15, 0.2) is 30.5 Å². The number of morpholine rings is 1. The fourth-order valence-corrected chi connectivity index (χ4v) is 2.82. The molecule has 0 unspecified atom stereocenters. The van der Waals surface area contributed by atoms with E-state index in [1.54, 1.807) is 4.90 Å². The second-order valence-electron chi connectivity index (χ2n) is 5.01. The summed E-state index contributed by atoms with van der Waals surface area (Å²) in [6.07, 6.45) is -3.42. The van der Waals surface area contributed by atoms with E-state index in [1.807, 2.05) is 0 Å². The van der Waals surface area contributed by atoms with Gasteiger partial charge in [-0.1, -0.05) is 16.6 Å². The van der Waals surface area contributed by atoms with Gasteiger partial charge in [0.1, 0.15) is 11.0 Å². The van der Waals surface area contributed by atoms with E-state index in [-0.39, 0.29) is 12.5 Å². The van der Waals surface area contributed by atoms with Crippen LogP contribution in [0.2, 0.25) is 0 Å². The summed E-state index contributed by atoms with van der Waals surface area (Å²) < 4.78 is 47.0. The van der Waals surface area contributed by atoms with Crippen molar-refractivity contribution in [1.29, 1.82) is 0 Å². The van der Waals surface area contributed by atoms with E-state index >= 15 is 0 Å². The molecule has 0 saturated carbocycles. The van der Waals surface area contributed by atoms with Crippen molar-refractivity contribution in [2.75, 3.05) is 19.7 Å². The van der Waals surface area contributed by atoms with Crippen LogP contribution in [-0.4, -0.2) is 40.1 Å². The van der Waals surface area contributed by atoms with E-state index in [1.165, 1.54) is 18.3 Å². The highest BCUT2D eigenvalue weighted by molar-refractivity contribution is 7.07. The van der Waals surface area contributed by atoms with Crippen LogP contribution in [-0.2, 0) is 10.9 Å². The summed E-state index contributed by atoms with van der Waals surface area (Å²) in [4.78, 5) is 14.3. The molecule has 0 radical (unpaired) electrons. The third-order valence-corrected chi connectivity index (χ3v) is 4.19. The Morgan fingerprint density at radius 2 is 2.04 bits per heavy atom. The lowest BCUT2D eigenvalue weighted by molar-refractivity contribution is -0.137. The van der Waals surface area contributed by atoms with E-state index < -0.39 is 17.8 Å². The molecule has 1 saturated heterocycles. The van der Waals surface area contributed by atoms with Crippen LogP contribution in [0, 0.1) is 0 Å². The fraction of sp³-hybridized carbons (Fsp3) is 0.357. The van der Waals surface area contributed by atoms with Crippen molar-refractivity contribution in [3.63, 3.8) is 0 Å².